The van der Waals surface area contributed by atoms with Crippen molar-refractivity contribution < 1.29 is 14.4 Å². The van der Waals surface area contributed by atoms with Crippen LogP contribution in [0.25, 0.3) is 0 Å². The van der Waals surface area contributed by atoms with E-state index in [2.05, 4.69) is 22.3 Å². The van der Waals surface area contributed by atoms with Crippen LogP contribution in [-0.2, 0) is 16.1 Å². The fourth-order valence-corrected chi connectivity index (χ4v) is 4.91. The van der Waals surface area contributed by atoms with E-state index in [1.165, 1.54) is 5.56 Å². The Hall–Kier alpha value is -3.94. The molecule has 0 spiro atoms. The summed E-state index contributed by atoms with van der Waals surface area (Å²) in [6.07, 6.45) is 0. The van der Waals surface area contributed by atoms with Crippen molar-refractivity contribution in [2.45, 2.75) is 20.4 Å². The maximum absolute atomic E-state index is 13.3. The van der Waals surface area contributed by atoms with E-state index < -0.39 is 11.8 Å². The van der Waals surface area contributed by atoms with Gasteiger partial charge in [-0.05, 0) is 49.2 Å². The molecule has 8 heteroatoms. The summed E-state index contributed by atoms with van der Waals surface area (Å²) < 4.78 is 0. The Morgan fingerprint density at radius 1 is 0.868 bits per heavy atom. The highest BCUT2D eigenvalue weighted by atomic mass is 35.5. The van der Waals surface area contributed by atoms with E-state index in [0.717, 1.165) is 35.7 Å². The number of halogens is 1. The Kier molecular flexibility index (Phi) is 7.31. The topological polar surface area (TPSA) is 73.0 Å². The number of amides is 3. The average molecular weight is 529 g/mol. The average Bonchev–Trinajstić information content (AvgIpc) is 3.14. The highest BCUT2D eigenvalue weighted by Gasteiger charge is 2.39. The van der Waals surface area contributed by atoms with Gasteiger partial charge in [0.25, 0.3) is 17.7 Å². The molecule has 38 heavy (non-hydrogen) atoms. The van der Waals surface area contributed by atoms with Crippen LogP contribution in [0.5, 0.6) is 0 Å². The van der Waals surface area contributed by atoms with Crippen molar-refractivity contribution in [2.24, 2.45) is 0 Å². The largest absolute Gasteiger partial charge is 0.349 e. The predicted molar refractivity (Wildman–Crippen MR) is 149 cm³/mol. The van der Waals surface area contributed by atoms with Gasteiger partial charge in [0.2, 0.25) is 0 Å². The highest BCUT2D eigenvalue weighted by molar-refractivity contribution is 6.53. The molecule has 3 amide bonds. The van der Waals surface area contributed by atoms with Crippen LogP contribution in [0.4, 0.5) is 11.4 Å². The van der Waals surface area contributed by atoms with E-state index in [1.54, 1.807) is 24.3 Å². The van der Waals surface area contributed by atoms with E-state index in [4.69, 9.17) is 11.6 Å². The zero-order chi connectivity index (χ0) is 26.8. The Morgan fingerprint density at radius 2 is 1.55 bits per heavy atom. The summed E-state index contributed by atoms with van der Waals surface area (Å²) in [4.78, 5) is 44.6. The molecule has 0 aromatic heterocycles. The molecule has 2 heterocycles. The van der Waals surface area contributed by atoms with Crippen molar-refractivity contribution in [3.63, 3.8) is 0 Å². The Bertz CT molecular complexity index is 1410. The number of carbonyl (C=O) groups is 3. The van der Waals surface area contributed by atoms with Crippen molar-refractivity contribution in [3.05, 3.63) is 106 Å². The van der Waals surface area contributed by atoms with Gasteiger partial charge in [0.05, 0.1) is 5.69 Å². The Balaban J connectivity index is 1.27. The molecule has 3 aromatic carbocycles. The molecule has 3 aromatic rings. The molecular formula is C30H29ClN4O3. The summed E-state index contributed by atoms with van der Waals surface area (Å²) in [7, 11) is 0. The van der Waals surface area contributed by atoms with Gasteiger partial charge in [-0.3, -0.25) is 19.3 Å². The van der Waals surface area contributed by atoms with Gasteiger partial charge >= 0.3 is 0 Å². The monoisotopic (exact) mass is 528 g/mol. The number of hydrogen-bond acceptors (Lipinski definition) is 5. The Labute approximate surface area is 227 Å². The van der Waals surface area contributed by atoms with Crippen molar-refractivity contribution in [1.82, 2.24) is 9.80 Å². The lowest BCUT2D eigenvalue weighted by Gasteiger charge is -2.35. The van der Waals surface area contributed by atoms with Gasteiger partial charge in [0, 0.05) is 44.0 Å². The fraction of sp³-hybridized carbons (Fsp3) is 0.233. The number of anilines is 2. The quantitative estimate of drug-likeness (QED) is 0.470. The highest BCUT2D eigenvalue weighted by Crippen LogP contribution is 2.31. The third-order valence-electron chi connectivity index (χ3n) is 6.97. The molecule has 7 nitrogen and oxygen atoms in total. The molecule has 5 rings (SSSR count). The van der Waals surface area contributed by atoms with E-state index in [-0.39, 0.29) is 16.6 Å². The standard InChI is InChI=1S/C30H29ClN4O3/c1-20-8-12-24(13-9-20)35-29(37)26(31)27(30(35)38)32-25-18-23(11-10-21(25)2)28(36)34-16-14-33(15-17-34)19-22-6-4-3-5-7-22/h3-13,18,32H,14-17,19H2,1-2H3. The number of nitrogens with zero attached hydrogens (tertiary/aromatic N) is 3. The number of carbonyl (C=O) groups excluding carboxylic acids is 3. The molecule has 0 atom stereocenters. The first-order valence-corrected chi connectivity index (χ1v) is 13.0. The van der Waals surface area contributed by atoms with E-state index >= 15 is 0 Å². The van der Waals surface area contributed by atoms with Gasteiger partial charge in [-0.15, -0.1) is 0 Å². The fourth-order valence-electron chi connectivity index (χ4n) is 4.70. The minimum atomic E-state index is -0.582. The van der Waals surface area contributed by atoms with Crippen molar-refractivity contribution in [3.8, 4) is 0 Å². The van der Waals surface area contributed by atoms with Crippen molar-refractivity contribution in [1.29, 1.82) is 0 Å². The number of hydrogen-bond donors (Lipinski definition) is 1. The van der Waals surface area contributed by atoms with Crippen LogP contribution in [0.3, 0.4) is 0 Å². The lowest BCUT2D eigenvalue weighted by Crippen LogP contribution is -2.48. The van der Waals surface area contributed by atoms with Gasteiger partial charge in [0.15, 0.2) is 0 Å². The second kappa shape index (κ2) is 10.8. The molecular weight excluding hydrogens is 500 g/mol. The van der Waals surface area contributed by atoms with Crippen LogP contribution >= 0.6 is 11.6 Å². The molecule has 194 valence electrons. The van der Waals surface area contributed by atoms with Crippen LogP contribution in [0.1, 0.15) is 27.0 Å². The van der Waals surface area contributed by atoms with Crippen LogP contribution < -0.4 is 10.2 Å². The molecule has 1 saturated heterocycles. The van der Waals surface area contributed by atoms with Crippen molar-refractivity contribution >= 4 is 40.7 Å². The number of imide groups is 1. The summed E-state index contributed by atoms with van der Waals surface area (Å²) in [6.45, 7) is 7.53. The molecule has 0 saturated carbocycles. The first-order chi connectivity index (χ1) is 18.3. The third kappa shape index (κ3) is 5.21. The van der Waals surface area contributed by atoms with Gasteiger partial charge in [-0.1, -0.05) is 65.7 Å². The number of benzene rings is 3. The molecule has 1 fully saturated rings. The molecule has 0 unspecified atom stereocenters. The molecule has 0 radical (unpaired) electrons. The lowest BCUT2D eigenvalue weighted by molar-refractivity contribution is -0.120. The number of nitrogens with one attached hydrogen (secondary N) is 1. The van der Waals surface area contributed by atoms with E-state index in [9.17, 15) is 14.4 Å². The second-order valence-electron chi connectivity index (χ2n) is 9.68. The third-order valence-corrected chi connectivity index (χ3v) is 7.32. The number of aryl methyl sites for hydroxylation is 2. The van der Waals surface area contributed by atoms with Crippen LogP contribution in [0.15, 0.2) is 83.5 Å². The van der Waals surface area contributed by atoms with E-state index in [0.29, 0.717) is 30.0 Å². The van der Waals surface area contributed by atoms with Crippen LogP contribution in [0.2, 0.25) is 0 Å². The first-order valence-electron chi connectivity index (χ1n) is 12.6. The predicted octanol–water partition coefficient (Wildman–Crippen LogP) is 4.70. The van der Waals surface area contributed by atoms with Gasteiger partial charge in [0.1, 0.15) is 10.7 Å². The second-order valence-corrected chi connectivity index (χ2v) is 10.1. The van der Waals surface area contributed by atoms with Crippen LogP contribution in [-0.4, -0.2) is 53.7 Å². The normalized spacial score (nSPS) is 16.4. The summed E-state index contributed by atoms with van der Waals surface area (Å²) in [5.41, 5.74) is 4.61. The minimum Gasteiger partial charge on any atom is -0.349 e. The molecule has 0 bridgehead atoms. The lowest BCUT2D eigenvalue weighted by atomic mass is 10.1. The smallest absolute Gasteiger partial charge is 0.283 e. The summed E-state index contributed by atoms with van der Waals surface area (Å²) >= 11 is 6.32. The zero-order valence-corrected chi connectivity index (χ0v) is 22.2. The molecule has 2 aliphatic heterocycles. The molecule has 2 aliphatic rings. The van der Waals surface area contributed by atoms with Gasteiger partial charge in [-0.2, -0.15) is 0 Å². The Morgan fingerprint density at radius 3 is 2.24 bits per heavy atom. The maximum Gasteiger partial charge on any atom is 0.283 e. The van der Waals surface area contributed by atoms with Gasteiger partial charge < -0.3 is 10.2 Å². The first kappa shape index (κ1) is 25.7. The SMILES string of the molecule is Cc1ccc(N2C(=O)C(Cl)=C(Nc3cc(C(=O)N4CCN(Cc5ccccc5)CC4)ccc3C)C2=O)cc1. The summed E-state index contributed by atoms with van der Waals surface area (Å²) in [5.74, 6) is -1.18. The maximum atomic E-state index is 13.3. The summed E-state index contributed by atoms with van der Waals surface area (Å²) in [6, 6.07) is 22.7. The number of piperazine rings is 1. The van der Waals surface area contributed by atoms with Crippen molar-refractivity contribution in [2.75, 3.05) is 36.4 Å². The summed E-state index contributed by atoms with van der Waals surface area (Å²) in [5, 5.41) is 2.86. The van der Waals surface area contributed by atoms with Gasteiger partial charge in [-0.25, -0.2) is 4.90 Å². The van der Waals surface area contributed by atoms with E-state index in [1.807, 2.05) is 55.1 Å². The molecule has 1 N–H and O–H groups in total. The number of rotatable bonds is 6. The zero-order valence-electron chi connectivity index (χ0n) is 21.4. The van der Waals surface area contributed by atoms with Crippen LogP contribution in [0, 0.1) is 13.8 Å². The molecule has 0 aliphatic carbocycles. The minimum absolute atomic E-state index is 0.000494.